The van der Waals surface area contributed by atoms with Crippen LogP contribution >= 0.6 is 0 Å². The standard InChI is InChI=1S/C15H13N5O/c1-11(21)15(18-16-12-7-3-2-4-8-12)20-14-10-6-5-9-13(14)17-19-20/h2-10,16H,1H3/b18-15-. The minimum atomic E-state index is -0.200. The number of carbonyl (C=O) groups excluding carboxylic acids is 1. The van der Waals surface area contributed by atoms with Crippen molar-refractivity contribution in [3.05, 3.63) is 54.6 Å². The van der Waals surface area contributed by atoms with Crippen LogP contribution in [0.25, 0.3) is 11.0 Å². The van der Waals surface area contributed by atoms with Crippen molar-refractivity contribution >= 4 is 28.3 Å². The van der Waals surface area contributed by atoms with E-state index in [1.165, 1.54) is 11.6 Å². The summed E-state index contributed by atoms with van der Waals surface area (Å²) in [5, 5.41) is 12.2. The molecule has 1 aromatic heterocycles. The smallest absolute Gasteiger partial charge is 0.218 e. The number of hydrazone groups is 1. The lowest BCUT2D eigenvalue weighted by molar-refractivity contribution is -0.111. The maximum Gasteiger partial charge on any atom is 0.218 e. The third kappa shape index (κ3) is 2.64. The summed E-state index contributed by atoms with van der Waals surface area (Å²) >= 11 is 0. The summed E-state index contributed by atoms with van der Waals surface area (Å²) in [6.07, 6.45) is 0. The van der Waals surface area contributed by atoms with Gasteiger partial charge in [-0.1, -0.05) is 35.5 Å². The molecule has 6 nitrogen and oxygen atoms in total. The van der Waals surface area contributed by atoms with Gasteiger partial charge in [0.05, 0.1) is 11.2 Å². The molecule has 3 aromatic rings. The topological polar surface area (TPSA) is 72.2 Å². The molecule has 1 heterocycles. The number of ketones is 1. The predicted octanol–water partition coefficient (Wildman–Crippen LogP) is 2.29. The van der Waals surface area contributed by atoms with Crippen LogP contribution in [0.15, 0.2) is 59.7 Å². The Hall–Kier alpha value is -3.02. The molecule has 6 heteroatoms. The number of hydrogen-bond acceptors (Lipinski definition) is 5. The lowest BCUT2D eigenvalue weighted by Crippen LogP contribution is -2.23. The average molecular weight is 279 g/mol. The molecule has 0 bridgehead atoms. The summed E-state index contributed by atoms with van der Waals surface area (Å²) in [5.41, 5.74) is 5.10. The van der Waals surface area contributed by atoms with Gasteiger partial charge in [-0.15, -0.1) is 5.10 Å². The Bertz CT molecular complexity index is 807. The first-order valence-corrected chi connectivity index (χ1v) is 6.46. The monoisotopic (exact) mass is 279 g/mol. The highest BCUT2D eigenvalue weighted by Crippen LogP contribution is 2.11. The number of para-hydroxylation sites is 2. The fourth-order valence-electron chi connectivity index (χ4n) is 1.93. The maximum absolute atomic E-state index is 11.8. The van der Waals surface area contributed by atoms with Gasteiger partial charge in [0, 0.05) is 6.92 Å². The highest BCUT2D eigenvalue weighted by atomic mass is 16.1. The van der Waals surface area contributed by atoms with Crippen LogP contribution in [0.4, 0.5) is 5.69 Å². The van der Waals surface area contributed by atoms with E-state index in [1.54, 1.807) is 0 Å². The molecular weight excluding hydrogens is 266 g/mol. The largest absolute Gasteiger partial charge is 0.291 e. The average Bonchev–Trinajstić information content (AvgIpc) is 2.92. The molecule has 2 aromatic carbocycles. The summed E-state index contributed by atoms with van der Waals surface area (Å²) in [7, 11) is 0. The second-order valence-electron chi connectivity index (χ2n) is 4.46. The summed E-state index contributed by atoms with van der Waals surface area (Å²) in [4.78, 5) is 11.8. The van der Waals surface area contributed by atoms with Gasteiger partial charge in [0.15, 0.2) is 5.78 Å². The first-order chi connectivity index (χ1) is 10.3. The lowest BCUT2D eigenvalue weighted by Gasteiger charge is -2.05. The minimum absolute atomic E-state index is 0.188. The lowest BCUT2D eigenvalue weighted by atomic mass is 10.3. The van der Waals surface area contributed by atoms with Crippen LogP contribution in [0.5, 0.6) is 0 Å². The molecule has 104 valence electrons. The zero-order chi connectivity index (χ0) is 14.7. The van der Waals surface area contributed by atoms with Crippen LogP contribution in [-0.4, -0.2) is 26.6 Å². The summed E-state index contributed by atoms with van der Waals surface area (Å²) in [6.45, 7) is 1.45. The Kier molecular flexibility index (Phi) is 3.42. The molecule has 0 unspecified atom stereocenters. The van der Waals surface area contributed by atoms with Crippen LogP contribution in [0.3, 0.4) is 0 Å². The predicted molar refractivity (Wildman–Crippen MR) is 81.1 cm³/mol. The molecule has 0 saturated carbocycles. The molecule has 0 aliphatic heterocycles. The second-order valence-corrected chi connectivity index (χ2v) is 4.46. The van der Waals surface area contributed by atoms with E-state index in [0.29, 0.717) is 5.52 Å². The van der Waals surface area contributed by atoms with Crippen LogP contribution < -0.4 is 5.43 Å². The first-order valence-electron chi connectivity index (χ1n) is 6.46. The molecule has 3 rings (SSSR count). The van der Waals surface area contributed by atoms with Crippen molar-refractivity contribution in [1.29, 1.82) is 0 Å². The van der Waals surface area contributed by atoms with E-state index in [0.717, 1.165) is 11.2 Å². The Morgan fingerprint density at radius 1 is 1.10 bits per heavy atom. The number of rotatable bonds is 3. The van der Waals surface area contributed by atoms with E-state index in [2.05, 4.69) is 20.8 Å². The second kappa shape index (κ2) is 5.54. The van der Waals surface area contributed by atoms with E-state index < -0.39 is 0 Å². The zero-order valence-electron chi connectivity index (χ0n) is 11.4. The molecule has 0 atom stereocenters. The fraction of sp³-hybridized carbons (Fsp3) is 0.0667. The fourth-order valence-corrected chi connectivity index (χ4v) is 1.93. The number of carbonyl (C=O) groups is 1. The van der Waals surface area contributed by atoms with Gasteiger partial charge in [0.25, 0.3) is 0 Å². The molecule has 21 heavy (non-hydrogen) atoms. The van der Waals surface area contributed by atoms with Gasteiger partial charge in [-0.3, -0.25) is 10.2 Å². The summed E-state index contributed by atoms with van der Waals surface area (Å²) in [6, 6.07) is 16.8. The van der Waals surface area contributed by atoms with Crippen molar-refractivity contribution in [1.82, 2.24) is 15.0 Å². The van der Waals surface area contributed by atoms with Crippen LogP contribution in [0.2, 0.25) is 0 Å². The van der Waals surface area contributed by atoms with Crippen molar-refractivity contribution in [2.24, 2.45) is 5.10 Å². The SMILES string of the molecule is CC(=O)/C(=N/Nc1ccccc1)n1nnc2ccccc21. The number of nitrogens with one attached hydrogen (secondary N) is 1. The molecule has 0 radical (unpaired) electrons. The molecule has 0 spiro atoms. The van der Waals surface area contributed by atoms with E-state index in [1.807, 2.05) is 54.6 Å². The molecule has 1 N–H and O–H groups in total. The molecule has 0 aliphatic carbocycles. The number of fused-ring (bicyclic) bond motifs is 1. The van der Waals surface area contributed by atoms with Crippen molar-refractivity contribution in [3.63, 3.8) is 0 Å². The van der Waals surface area contributed by atoms with Gasteiger partial charge < -0.3 is 0 Å². The summed E-state index contributed by atoms with van der Waals surface area (Å²) in [5.74, 6) is -0.0124. The molecule has 0 fully saturated rings. The van der Waals surface area contributed by atoms with E-state index >= 15 is 0 Å². The van der Waals surface area contributed by atoms with Crippen molar-refractivity contribution in [3.8, 4) is 0 Å². The van der Waals surface area contributed by atoms with Gasteiger partial charge in [-0.2, -0.15) is 9.78 Å². The number of Topliss-reactive ketones (excluding diaryl/α,β-unsaturated/α-hetero) is 1. The van der Waals surface area contributed by atoms with Crippen LogP contribution in [0, 0.1) is 0 Å². The van der Waals surface area contributed by atoms with Crippen molar-refractivity contribution < 1.29 is 4.79 Å². The number of benzene rings is 2. The maximum atomic E-state index is 11.8. The van der Waals surface area contributed by atoms with Crippen molar-refractivity contribution in [2.45, 2.75) is 6.92 Å². The quantitative estimate of drug-likeness (QED) is 0.453. The molecule has 0 saturated heterocycles. The Labute approximate surface area is 121 Å². The highest BCUT2D eigenvalue weighted by molar-refractivity contribution is 6.39. The third-order valence-electron chi connectivity index (χ3n) is 2.93. The Morgan fingerprint density at radius 3 is 2.57 bits per heavy atom. The van der Waals surface area contributed by atoms with Crippen molar-refractivity contribution in [2.75, 3.05) is 5.43 Å². The Balaban J connectivity index is 2.00. The van der Waals surface area contributed by atoms with Gasteiger partial charge in [-0.05, 0) is 24.3 Å². The Morgan fingerprint density at radius 2 is 1.81 bits per heavy atom. The normalized spacial score (nSPS) is 11.6. The molecular formula is C15H13N5O. The highest BCUT2D eigenvalue weighted by Gasteiger charge is 2.14. The number of nitrogens with zero attached hydrogens (tertiary/aromatic N) is 4. The van der Waals surface area contributed by atoms with E-state index in [-0.39, 0.29) is 11.6 Å². The van der Waals surface area contributed by atoms with Gasteiger partial charge in [0.2, 0.25) is 5.84 Å². The summed E-state index contributed by atoms with van der Waals surface area (Å²) < 4.78 is 1.44. The molecule has 0 aliphatic rings. The first kappa shape index (κ1) is 13.0. The van der Waals surface area contributed by atoms with Gasteiger partial charge in [0.1, 0.15) is 5.52 Å². The van der Waals surface area contributed by atoms with Crippen LogP contribution in [-0.2, 0) is 4.79 Å². The number of anilines is 1. The number of hydrogen-bond donors (Lipinski definition) is 1. The van der Waals surface area contributed by atoms with Gasteiger partial charge >= 0.3 is 0 Å². The minimum Gasteiger partial charge on any atom is -0.291 e. The van der Waals surface area contributed by atoms with E-state index in [9.17, 15) is 4.79 Å². The zero-order valence-corrected chi connectivity index (χ0v) is 11.4. The number of aromatic nitrogens is 3. The third-order valence-corrected chi connectivity index (χ3v) is 2.93. The van der Waals surface area contributed by atoms with Crippen LogP contribution in [0.1, 0.15) is 6.92 Å². The molecule has 0 amide bonds. The van der Waals surface area contributed by atoms with Gasteiger partial charge in [-0.25, -0.2) is 0 Å². The van der Waals surface area contributed by atoms with E-state index in [4.69, 9.17) is 0 Å².